The molecule has 0 aliphatic carbocycles. The van der Waals surface area contributed by atoms with Crippen LogP contribution in [0.4, 0.5) is 5.69 Å². The molecule has 0 fully saturated rings. The van der Waals surface area contributed by atoms with Crippen molar-refractivity contribution in [1.82, 2.24) is 0 Å². The molecule has 0 saturated carbocycles. The van der Waals surface area contributed by atoms with E-state index in [1.165, 1.54) is 12.1 Å². The van der Waals surface area contributed by atoms with Crippen LogP contribution in [-0.4, -0.2) is 20.7 Å². The number of rotatable bonds is 4. The van der Waals surface area contributed by atoms with Gasteiger partial charge in [0.05, 0.1) is 22.3 Å². The Morgan fingerprint density at radius 3 is 2.25 bits per heavy atom. The van der Waals surface area contributed by atoms with Crippen molar-refractivity contribution in [1.29, 1.82) is 0 Å². The molecule has 0 spiro atoms. The van der Waals surface area contributed by atoms with Crippen molar-refractivity contribution in [2.45, 2.75) is 0 Å². The summed E-state index contributed by atoms with van der Waals surface area (Å²) < 4.78 is 27.1. The van der Waals surface area contributed by atoms with E-state index in [0.717, 1.165) is 0 Å². The van der Waals surface area contributed by atoms with Gasteiger partial charge in [-0.05, 0) is 12.1 Å². The second-order valence-electron chi connectivity index (χ2n) is 2.95. The molecule has 0 bridgehead atoms. The standard InChI is InChI=1S/C8H8BrCl2N2O2S/c9-5-3-6(10)8(7(11)4-5)13-16(14,15)2-1-12/h3-4H,1-2,12H2/q-1/p+1. The lowest BCUT2D eigenvalue weighted by Crippen LogP contribution is -2.52. The Balaban J connectivity index is 3.07. The topological polar surface area (TPSA) is 75.9 Å². The van der Waals surface area contributed by atoms with E-state index in [0.29, 0.717) is 4.47 Å². The normalized spacial score (nSPS) is 11.5. The molecule has 4 nitrogen and oxygen atoms in total. The third kappa shape index (κ3) is 3.78. The Hall–Kier alpha value is -0.0100. The highest BCUT2D eigenvalue weighted by Crippen LogP contribution is 2.40. The van der Waals surface area contributed by atoms with Crippen LogP contribution in [0.2, 0.25) is 10.0 Å². The summed E-state index contributed by atoms with van der Waals surface area (Å²) in [5, 5.41) is 0.374. The minimum absolute atomic E-state index is 0.0694. The number of sulfonamides is 1. The predicted molar refractivity (Wildman–Crippen MR) is 68.7 cm³/mol. The molecule has 0 saturated heterocycles. The molecule has 0 atom stereocenters. The molecule has 0 aliphatic heterocycles. The van der Waals surface area contributed by atoms with Gasteiger partial charge in [0.1, 0.15) is 0 Å². The minimum Gasteiger partial charge on any atom is -0.574 e. The zero-order valence-corrected chi connectivity index (χ0v) is 12.0. The fourth-order valence-corrected chi connectivity index (χ4v) is 3.31. The maximum atomic E-state index is 11.5. The monoisotopic (exact) mass is 346 g/mol. The Bertz CT molecular complexity index is 470. The highest BCUT2D eigenvalue weighted by molar-refractivity contribution is 9.10. The largest absolute Gasteiger partial charge is 0.574 e. The Morgan fingerprint density at radius 2 is 1.81 bits per heavy atom. The molecule has 3 N–H and O–H groups in total. The third-order valence-electron chi connectivity index (χ3n) is 1.61. The molecule has 0 unspecified atom stereocenters. The van der Waals surface area contributed by atoms with Gasteiger partial charge in [0, 0.05) is 14.5 Å². The first-order chi connectivity index (χ1) is 7.35. The Labute approximate surface area is 112 Å². The zero-order valence-electron chi connectivity index (χ0n) is 8.08. The van der Waals surface area contributed by atoms with Gasteiger partial charge in [-0.25, -0.2) is 8.42 Å². The minimum atomic E-state index is -3.56. The summed E-state index contributed by atoms with van der Waals surface area (Å²) in [4.78, 5) is 0. The highest BCUT2D eigenvalue weighted by Gasteiger charge is 2.05. The van der Waals surface area contributed by atoms with E-state index in [9.17, 15) is 8.42 Å². The second-order valence-corrected chi connectivity index (χ2v) is 6.43. The molecule has 16 heavy (non-hydrogen) atoms. The van der Waals surface area contributed by atoms with Gasteiger partial charge in [-0.3, -0.25) is 0 Å². The molecule has 0 amide bonds. The molecular formula is C8H9BrCl2N2O2S. The smallest absolute Gasteiger partial charge is 0.0994 e. The molecule has 1 aromatic rings. The van der Waals surface area contributed by atoms with Crippen molar-refractivity contribution >= 4 is 54.8 Å². The molecular weight excluding hydrogens is 339 g/mol. The summed E-state index contributed by atoms with van der Waals surface area (Å²) in [5.41, 5.74) is 3.53. The van der Waals surface area contributed by atoms with E-state index < -0.39 is 10.0 Å². The van der Waals surface area contributed by atoms with Gasteiger partial charge in [0.25, 0.3) is 0 Å². The number of nitrogens with zero attached hydrogens (tertiary/aromatic N) is 1. The molecule has 90 valence electrons. The van der Waals surface area contributed by atoms with Crippen LogP contribution < -0.4 is 5.73 Å². The lowest BCUT2D eigenvalue weighted by Gasteiger charge is -2.23. The molecule has 1 aromatic carbocycles. The summed E-state index contributed by atoms with van der Waals surface area (Å²) in [7, 11) is -3.56. The van der Waals surface area contributed by atoms with Crippen LogP contribution in [0.15, 0.2) is 16.6 Å². The van der Waals surface area contributed by atoms with Gasteiger partial charge in [0.2, 0.25) is 0 Å². The first-order valence-electron chi connectivity index (χ1n) is 4.25. The van der Waals surface area contributed by atoms with Crippen molar-refractivity contribution in [2.24, 2.45) is 0 Å². The number of hydrogen-bond donors (Lipinski definition) is 1. The number of benzene rings is 1. The van der Waals surface area contributed by atoms with Gasteiger partial charge < -0.3 is 10.5 Å². The van der Waals surface area contributed by atoms with Crippen LogP contribution in [0.3, 0.4) is 0 Å². The van der Waals surface area contributed by atoms with E-state index in [4.69, 9.17) is 23.2 Å². The lowest BCUT2D eigenvalue weighted by atomic mass is 10.3. The van der Waals surface area contributed by atoms with Crippen LogP contribution >= 0.6 is 39.1 Å². The summed E-state index contributed by atoms with van der Waals surface area (Å²) in [5.74, 6) is -0.129. The summed E-state index contributed by atoms with van der Waals surface area (Å²) in [6.45, 7) is 0.248. The van der Waals surface area contributed by atoms with E-state index >= 15 is 0 Å². The molecule has 0 aromatic heterocycles. The maximum absolute atomic E-state index is 11.5. The van der Waals surface area contributed by atoms with Gasteiger partial charge in [-0.2, -0.15) is 0 Å². The molecule has 0 aliphatic rings. The Kier molecular flexibility index (Phi) is 4.88. The Morgan fingerprint density at radius 1 is 1.31 bits per heavy atom. The van der Waals surface area contributed by atoms with Crippen LogP contribution in [0.25, 0.3) is 4.72 Å². The van der Waals surface area contributed by atoms with E-state index in [1.54, 1.807) is 0 Å². The van der Waals surface area contributed by atoms with Crippen molar-refractivity contribution in [3.8, 4) is 0 Å². The van der Waals surface area contributed by atoms with Crippen LogP contribution in [0.5, 0.6) is 0 Å². The van der Waals surface area contributed by atoms with Crippen molar-refractivity contribution in [2.75, 3.05) is 12.3 Å². The molecule has 0 heterocycles. The first-order valence-corrected chi connectivity index (χ1v) is 7.41. The van der Waals surface area contributed by atoms with Crippen LogP contribution in [-0.2, 0) is 10.0 Å². The number of hydrogen-bond acceptors (Lipinski definition) is 2. The van der Waals surface area contributed by atoms with Gasteiger partial charge in [0.15, 0.2) is 0 Å². The van der Waals surface area contributed by atoms with Crippen molar-refractivity contribution < 1.29 is 14.2 Å². The average Bonchev–Trinajstić information content (AvgIpc) is 2.11. The number of halogens is 3. The van der Waals surface area contributed by atoms with Crippen LogP contribution in [0.1, 0.15) is 0 Å². The summed E-state index contributed by atoms with van der Waals surface area (Å²) >= 11 is 14.9. The van der Waals surface area contributed by atoms with Crippen molar-refractivity contribution in [3.63, 3.8) is 0 Å². The van der Waals surface area contributed by atoms with E-state index in [2.05, 4.69) is 26.4 Å². The zero-order chi connectivity index (χ0) is 12.3. The fraction of sp³-hybridized carbons (Fsp3) is 0.250. The predicted octanol–water partition coefficient (Wildman–Crippen LogP) is 2.33. The molecule has 1 rings (SSSR count). The quantitative estimate of drug-likeness (QED) is 0.907. The van der Waals surface area contributed by atoms with Crippen molar-refractivity contribution in [3.05, 3.63) is 31.4 Å². The SMILES string of the molecule is [NH3+]CCS(=O)(=O)[N-]c1c(Cl)cc(Br)cc1Cl. The van der Waals surface area contributed by atoms with Crippen LogP contribution in [0, 0.1) is 0 Å². The first kappa shape index (κ1) is 14.1. The second kappa shape index (κ2) is 5.55. The van der Waals surface area contributed by atoms with Gasteiger partial charge in [-0.1, -0.05) is 44.8 Å². The molecule has 0 radical (unpaired) electrons. The summed E-state index contributed by atoms with van der Waals surface area (Å²) in [6.07, 6.45) is 0. The maximum Gasteiger partial charge on any atom is 0.0994 e. The number of quaternary nitrogens is 1. The van der Waals surface area contributed by atoms with Gasteiger partial charge in [-0.15, -0.1) is 0 Å². The summed E-state index contributed by atoms with van der Waals surface area (Å²) in [6, 6.07) is 3.07. The van der Waals surface area contributed by atoms with E-state index in [1.807, 2.05) is 0 Å². The highest BCUT2D eigenvalue weighted by atomic mass is 79.9. The third-order valence-corrected chi connectivity index (χ3v) is 3.91. The molecule has 8 heteroatoms. The van der Waals surface area contributed by atoms with E-state index in [-0.39, 0.29) is 28.0 Å². The lowest BCUT2D eigenvalue weighted by molar-refractivity contribution is -0.360. The fourth-order valence-electron chi connectivity index (χ4n) is 0.989. The van der Waals surface area contributed by atoms with Gasteiger partial charge >= 0.3 is 0 Å². The average molecular weight is 348 g/mol.